The third-order valence-electron chi connectivity index (χ3n) is 6.90. The molecular formula is C31H25Cl2N11O4S2. The number of hydrogen-bond acceptors (Lipinski definition) is 13. The largest absolute Gasteiger partial charge is 0.355 e. The molecule has 0 saturated heterocycles. The molecular weight excluding hydrogens is 725 g/mol. The molecule has 0 spiro atoms. The molecule has 0 aliphatic rings. The molecule has 0 atom stereocenters. The van der Waals surface area contributed by atoms with E-state index in [1.54, 1.807) is 43.5 Å². The van der Waals surface area contributed by atoms with E-state index in [1.165, 1.54) is 41.0 Å². The molecule has 50 heavy (non-hydrogen) atoms. The fraction of sp³-hybridized carbons (Fsp3) is 0.194. The van der Waals surface area contributed by atoms with E-state index in [9.17, 15) is 19.2 Å². The smallest absolute Gasteiger partial charge is 0.270 e. The number of nitrogens with one attached hydrogen (secondary N) is 2. The van der Waals surface area contributed by atoms with Gasteiger partial charge in [0.15, 0.2) is 10.0 Å². The highest BCUT2D eigenvalue weighted by Gasteiger charge is 2.18. The number of amides is 2. The lowest BCUT2D eigenvalue weighted by Crippen LogP contribution is -2.37. The van der Waals surface area contributed by atoms with Gasteiger partial charge in [0.2, 0.25) is 11.8 Å². The molecule has 1 aromatic carbocycles. The lowest BCUT2D eigenvalue weighted by Gasteiger charge is -2.10. The maximum Gasteiger partial charge on any atom is 0.270 e. The van der Waals surface area contributed by atoms with Crippen molar-refractivity contribution in [1.82, 2.24) is 55.6 Å². The van der Waals surface area contributed by atoms with Crippen LogP contribution in [0.2, 0.25) is 10.0 Å². The third kappa shape index (κ3) is 8.31. The Morgan fingerprint density at radius 3 is 2.14 bits per heavy atom. The Bertz CT molecular complexity index is 2320. The average Bonchev–Trinajstić information content (AvgIpc) is 3.79. The Hall–Kier alpha value is -5.23. The molecule has 15 nitrogen and oxygen atoms in total. The van der Waals surface area contributed by atoms with Crippen molar-refractivity contribution in [3.8, 4) is 42.5 Å². The normalized spacial score (nSPS) is 11.0. The van der Waals surface area contributed by atoms with Crippen LogP contribution in [0, 0.1) is 0 Å². The Labute approximate surface area is 301 Å². The van der Waals surface area contributed by atoms with Gasteiger partial charge in [0.05, 0.1) is 5.02 Å². The summed E-state index contributed by atoms with van der Waals surface area (Å²) in [6.45, 7) is 1.51. The monoisotopic (exact) mass is 749 g/mol. The van der Waals surface area contributed by atoms with Crippen molar-refractivity contribution in [2.24, 2.45) is 0 Å². The molecule has 5 heterocycles. The third-order valence-corrected chi connectivity index (χ3v) is 9.34. The van der Waals surface area contributed by atoms with Crippen LogP contribution < -0.4 is 21.8 Å². The number of carbonyl (C=O) groups excluding carboxylic acids is 2. The molecule has 0 bridgehead atoms. The number of benzene rings is 1. The molecule has 0 aliphatic heterocycles. The first-order valence-electron chi connectivity index (χ1n) is 14.9. The van der Waals surface area contributed by atoms with Gasteiger partial charge in [0.1, 0.15) is 34.5 Å². The van der Waals surface area contributed by atoms with Gasteiger partial charge in [-0.2, -0.15) is 10.2 Å². The summed E-state index contributed by atoms with van der Waals surface area (Å²) in [6, 6.07) is 13.2. The topological polar surface area (TPSA) is 192 Å². The summed E-state index contributed by atoms with van der Waals surface area (Å²) >= 11 is 14.7. The summed E-state index contributed by atoms with van der Waals surface area (Å²) in [5.41, 5.74) is 1.43. The number of pyridine rings is 1. The van der Waals surface area contributed by atoms with Gasteiger partial charge in [-0.25, -0.2) is 9.36 Å². The summed E-state index contributed by atoms with van der Waals surface area (Å²) in [4.78, 5) is 55.3. The number of rotatable bonds is 12. The van der Waals surface area contributed by atoms with Crippen LogP contribution in [-0.4, -0.2) is 69.8 Å². The second kappa shape index (κ2) is 15.5. The highest BCUT2D eigenvalue weighted by Crippen LogP contribution is 2.31. The van der Waals surface area contributed by atoms with Crippen molar-refractivity contribution in [3.05, 3.63) is 97.2 Å². The van der Waals surface area contributed by atoms with E-state index in [4.69, 9.17) is 23.2 Å². The van der Waals surface area contributed by atoms with Crippen molar-refractivity contribution >= 4 is 57.7 Å². The number of halogens is 2. The molecule has 0 saturated carbocycles. The molecule has 0 unspecified atom stereocenters. The van der Waals surface area contributed by atoms with Crippen molar-refractivity contribution in [2.75, 3.05) is 13.1 Å². The zero-order valence-electron chi connectivity index (χ0n) is 26.0. The van der Waals surface area contributed by atoms with Crippen LogP contribution in [0.3, 0.4) is 0 Å². The van der Waals surface area contributed by atoms with E-state index in [1.807, 2.05) is 6.07 Å². The van der Waals surface area contributed by atoms with Crippen molar-refractivity contribution in [2.45, 2.75) is 26.4 Å². The van der Waals surface area contributed by atoms with Crippen molar-refractivity contribution < 1.29 is 9.59 Å². The first kappa shape index (κ1) is 34.6. The summed E-state index contributed by atoms with van der Waals surface area (Å²) in [7, 11) is 0. The van der Waals surface area contributed by atoms with Gasteiger partial charge in [-0.3, -0.25) is 24.2 Å². The summed E-state index contributed by atoms with van der Waals surface area (Å²) in [5.74, 6) is -0.895. The van der Waals surface area contributed by atoms with Gasteiger partial charge < -0.3 is 10.6 Å². The summed E-state index contributed by atoms with van der Waals surface area (Å²) in [5, 5.41) is 33.9. The van der Waals surface area contributed by atoms with E-state index in [0.717, 1.165) is 14.9 Å². The molecule has 2 amide bonds. The minimum Gasteiger partial charge on any atom is -0.355 e. The van der Waals surface area contributed by atoms with Crippen LogP contribution >= 0.6 is 45.9 Å². The van der Waals surface area contributed by atoms with E-state index < -0.39 is 17.0 Å². The molecule has 0 fully saturated rings. The highest BCUT2D eigenvalue weighted by molar-refractivity contribution is 7.18. The Balaban J connectivity index is 1.16. The van der Waals surface area contributed by atoms with Crippen molar-refractivity contribution in [3.63, 3.8) is 0 Å². The number of carbonyl (C=O) groups is 2. The van der Waals surface area contributed by atoms with E-state index in [2.05, 4.69) is 46.2 Å². The second-order valence-electron chi connectivity index (χ2n) is 10.5. The number of hydrogen-bond donors (Lipinski definition) is 2. The molecule has 2 N–H and O–H groups in total. The average molecular weight is 751 g/mol. The first-order chi connectivity index (χ1) is 24.2. The zero-order chi connectivity index (χ0) is 35.2. The van der Waals surface area contributed by atoms with E-state index in [0.29, 0.717) is 59.1 Å². The van der Waals surface area contributed by atoms with E-state index >= 15 is 0 Å². The Kier molecular flexibility index (Phi) is 10.8. The molecule has 5 aromatic heterocycles. The van der Waals surface area contributed by atoms with Gasteiger partial charge in [-0.05, 0) is 43.7 Å². The zero-order valence-corrected chi connectivity index (χ0v) is 29.2. The van der Waals surface area contributed by atoms with Crippen LogP contribution in [-0.2, 0) is 29.1 Å². The second-order valence-corrected chi connectivity index (χ2v) is 13.3. The molecule has 6 aromatic rings. The highest BCUT2D eigenvalue weighted by atomic mass is 35.5. The Morgan fingerprint density at radius 1 is 0.740 bits per heavy atom. The molecule has 6 rings (SSSR count). The Morgan fingerprint density at radius 2 is 1.40 bits per heavy atom. The lowest BCUT2D eigenvalue weighted by atomic mass is 10.2. The quantitative estimate of drug-likeness (QED) is 0.186. The predicted molar refractivity (Wildman–Crippen MR) is 189 cm³/mol. The van der Waals surface area contributed by atoms with Crippen LogP contribution in [0.1, 0.15) is 12.5 Å². The minimum absolute atomic E-state index is 0.0461. The van der Waals surface area contributed by atoms with Gasteiger partial charge in [0.25, 0.3) is 11.1 Å². The SMILES string of the molecule is CCNC(=O)Cn1nc(-c2nnc(-c3cccc(Cl)c3)s2)cc(CCNC(=O)Cn2nc(-c3nnc(-c4cncc(Cl)c4)s3)ccc2=O)c1=O. The van der Waals surface area contributed by atoms with E-state index in [-0.39, 0.29) is 32.0 Å². The summed E-state index contributed by atoms with van der Waals surface area (Å²) in [6.07, 6.45) is 3.21. The lowest BCUT2D eigenvalue weighted by molar-refractivity contribution is -0.122. The van der Waals surface area contributed by atoms with Crippen LogP contribution in [0.15, 0.2) is 70.5 Å². The first-order valence-corrected chi connectivity index (χ1v) is 17.3. The van der Waals surface area contributed by atoms with Crippen LogP contribution in [0.5, 0.6) is 0 Å². The molecule has 19 heteroatoms. The molecule has 254 valence electrons. The van der Waals surface area contributed by atoms with Crippen LogP contribution in [0.25, 0.3) is 42.5 Å². The molecule has 0 radical (unpaired) electrons. The summed E-state index contributed by atoms with van der Waals surface area (Å²) < 4.78 is 2.08. The minimum atomic E-state index is -0.507. The number of likely N-dealkylation sites (N-methyl/N-ethyl adjacent to an activating group) is 1. The van der Waals surface area contributed by atoms with Gasteiger partial charge in [-0.15, -0.1) is 20.4 Å². The fourth-order valence-corrected chi connectivity index (χ4v) is 6.57. The maximum atomic E-state index is 13.3. The maximum absolute atomic E-state index is 13.3. The van der Waals surface area contributed by atoms with Crippen LogP contribution in [0.4, 0.5) is 0 Å². The number of nitrogens with zero attached hydrogens (tertiary/aromatic N) is 9. The fourth-order valence-electron chi connectivity index (χ4n) is 4.62. The number of aromatic nitrogens is 9. The van der Waals surface area contributed by atoms with Crippen molar-refractivity contribution in [1.29, 1.82) is 0 Å². The van der Waals surface area contributed by atoms with Gasteiger partial charge in [-0.1, -0.05) is 58.0 Å². The molecule has 0 aliphatic carbocycles. The van der Waals surface area contributed by atoms with Gasteiger partial charge >= 0.3 is 0 Å². The standard InChI is InChI=1S/C31H25Cl2N11O4S2/c1-2-35-24(45)16-44-31(48)18(12-23(42-44)30-40-37-27(49-30)17-4-3-5-20(32)10-17)8-9-36-25(46)15-43-26(47)7-6-22(41-43)29-39-38-28(50-29)19-11-21(33)14-34-13-19/h3-7,10-14H,2,8-9,15-16H2,1H3,(H,35,45)(H,36,46). The predicted octanol–water partition coefficient (Wildman–Crippen LogP) is 3.37. The van der Waals surface area contributed by atoms with Gasteiger partial charge in [0, 0.05) is 53.3 Å².